The summed E-state index contributed by atoms with van der Waals surface area (Å²) < 4.78 is 13.3. The van der Waals surface area contributed by atoms with Gasteiger partial charge in [0.25, 0.3) is 0 Å². The lowest BCUT2D eigenvalue weighted by Crippen LogP contribution is -2.15. The Morgan fingerprint density at radius 1 is 0.364 bits per heavy atom. The first-order valence-electron chi connectivity index (χ1n) is 22.4. The highest BCUT2D eigenvalue weighted by atomic mass is 16.3. The number of hydrogen-bond acceptors (Lipinski definition) is 6. The average Bonchev–Trinajstić information content (AvgIpc) is 3.85. The van der Waals surface area contributed by atoms with Crippen LogP contribution in [0.25, 0.3) is 65.4 Å². The van der Waals surface area contributed by atoms with Crippen molar-refractivity contribution in [2.75, 3.05) is 9.80 Å². The van der Waals surface area contributed by atoms with E-state index in [2.05, 4.69) is 199 Å². The maximum atomic E-state index is 11.1. The molecule has 0 fully saturated rings. The molecule has 0 saturated carbocycles. The molecule has 0 radical (unpaired) electrons. The van der Waals surface area contributed by atoms with Gasteiger partial charge in [0.1, 0.15) is 28.9 Å². The van der Waals surface area contributed by atoms with Gasteiger partial charge in [0.05, 0.1) is 28.3 Å². The Balaban J connectivity index is 1.10. The van der Waals surface area contributed by atoms with E-state index in [9.17, 15) is 10.5 Å². The summed E-state index contributed by atoms with van der Waals surface area (Å²) in [6.45, 7) is 17.3. The van der Waals surface area contributed by atoms with Crippen molar-refractivity contribution in [3.63, 3.8) is 0 Å². The highest BCUT2D eigenvalue weighted by Crippen LogP contribution is 2.48. The van der Waals surface area contributed by atoms with Gasteiger partial charge in [-0.15, -0.1) is 0 Å². The molecule has 0 amide bonds. The number of aryl methyl sites for hydroxylation is 8. The molecule has 11 rings (SSSR count). The molecule has 0 aliphatic heterocycles. The maximum absolute atomic E-state index is 11.1. The third kappa shape index (κ3) is 6.06. The molecule has 0 aliphatic carbocycles. The van der Waals surface area contributed by atoms with Crippen LogP contribution in [0.5, 0.6) is 0 Å². The lowest BCUT2D eigenvalue weighted by molar-refractivity contribution is 0.654. The number of nitriles is 2. The molecule has 11 aromatic rings. The molecule has 0 bridgehead atoms. The smallest absolute Gasteiger partial charge is 0.158 e. The molecule has 318 valence electrons. The first kappa shape index (κ1) is 40.5. The fraction of sp³-hybridized carbons (Fsp3) is 0.133. The molecule has 2 heterocycles. The molecule has 0 saturated heterocycles. The van der Waals surface area contributed by atoms with Crippen LogP contribution >= 0.6 is 0 Å². The van der Waals surface area contributed by atoms with Gasteiger partial charge in [-0.3, -0.25) is 0 Å². The van der Waals surface area contributed by atoms with Crippen LogP contribution in [0.4, 0.5) is 34.1 Å². The van der Waals surface area contributed by atoms with Crippen LogP contribution in [0.15, 0.2) is 142 Å². The van der Waals surface area contributed by atoms with Crippen molar-refractivity contribution in [1.29, 1.82) is 10.5 Å². The quantitative estimate of drug-likeness (QED) is 0.166. The van der Waals surface area contributed by atoms with Crippen LogP contribution in [0, 0.1) is 78.1 Å². The van der Waals surface area contributed by atoms with Gasteiger partial charge < -0.3 is 18.6 Å². The third-order valence-electron chi connectivity index (χ3n) is 13.6. The van der Waals surface area contributed by atoms with Gasteiger partial charge in [-0.2, -0.15) is 10.5 Å². The Morgan fingerprint density at radius 3 is 0.985 bits per heavy atom. The standard InChI is InChI=1S/C60H46N4O2/c1-33-13-9-14-34(2)55(33)63(56-35(3)15-10-16-36(56)4)45-23-21-41-27-47-51(29-43(41)25-45)65-59-50(32-62)60-54(49(31-61)53(47)59)48-28-42-22-24-46(26-44(42)30-52(48)66-60)64(57-37(5)17-11-18-38(57)6)58-39(7)19-12-20-40(58)8/h9-30H,1-8H3. The minimum Gasteiger partial charge on any atom is -0.454 e. The highest BCUT2D eigenvalue weighted by molar-refractivity contribution is 6.24. The van der Waals surface area contributed by atoms with E-state index in [0.717, 1.165) is 66.4 Å². The zero-order valence-corrected chi connectivity index (χ0v) is 38.3. The second-order valence-corrected chi connectivity index (χ2v) is 18.0. The number of hydrogen-bond donors (Lipinski definition) is 0. The monoisotopic (exact) mass is 854 g/mol. The van der Waals surface area contributed by atoms with E-state index < -0.39 is 0 Å². The summed E-state index contributed by atoms with van der Waals surface area (Å²) in [6.07, 6.45) is 0. The summed E-state index contributed by atoms with van der Waals surface area (Å²) in [4.78, 5) is 4.74. The molecule has 0 atom stereocenters. The molecule has 0 unspecified atom stereocenters. The largest absolute Gasteiger partial charge is 0.454 e. The Bertz CT molecular complexity index is 3540. The SMILES string of the molecule is Cc1cccc(C)c1N(c1ccc2cc3c(cc2c1)oc1c(C#N)c2oc4cc5cc(N(c6c(C)cccc6C)c6c(C)cccc6C)ccc5cc4c2c(C#N)c13)c1c(C)cccc1C. The predicted molar refractivity (Wildman–Crippen MR) is 273 cm³/mol. The van der Waals surface area contributed by atoms with Crippen LogP contribution < -0.4 is 9.80 Å². The molecule has 0 spiro atoms. The zero-order valence-electron chi connectivity index (χ0n) is 38.3. The number of benzene rings is 9. The van der Waals surface area contributed by atoms with Crippen LogP contribution in [-0.2, 0) is 0 Å². The number of para-hydroxylation sites is 4. The van der Waals surface area contributed by atoms with E-state index in [0.29, 0.717) is 38.7 Å². The summed E-state index contributed by atoms with van der Waals surface area (Å²) in [5.74, 6) is 0. The fourth-order valence-electron chi connectivity index (χ4n) is 10.6. The zero-order chi connectivity index (χ0) is 45.7. The van der Waals surface area contributed by atoms with Crippen molar-refractivity contribution in [2.45, 2.75) is 55.4 Å². The summed E-state index contributed by atoms with van der Waals surface area (Å²) in [6, 6.07) is 52.0. The second-order valence-electron chi connectivity index (χ2n) is 18.0. The molecular weight excluding hydrogens is 809 g/mol. The molecule has 0 aliphatic rings. The fourth-order valence-corrected chi connectivity index (χ4v) is 10.6. The van der Waals surface area contributed by atoms with E-state index in [1.165, 1.54) is 44.5 Å². The molecule has 9 aromatic carbocycles. The summed E-state index contributed by atoms with van der Waals surface area (Å²) in [5, 5.41) is 28.7. The normalized spacial score (nSPS) is 11.6. The molecule has 6 heteroatoms. The van der Waals surface area contributed by atoms with Crippen molar-refractivity contribution in [1.82, 2.24) is 0 Å². The Hall–Kier alpha value is -8.32. The predicted octanol–water partition coefficient (Wildman–Crippen LogP) is 16.9. The van der Waals surface area contributed by atoms with Crippen molar-refractivity contribution < 1.29 is 8.83 Å². The van der Waals surface area contributed by atoms with Crippen LogP contribution in [-0.4, -0.2) is 0 Å². The van der Waals surface area contributed by atoms with E-state index in [1.807, 2.05) is 12.1 Å². The van der Waals surface area contributed by atoms with Crippen LogP contribution in [0.2, 0.25) is 0 Å². The number of anilines is 6. The number of nitrogens with zero attached hydrogens (tertiary/aromatic N) is 4. The highest BCUT2D eigenvalue weighted by Gasteiger charge is 2.27. The Labute approximate surface area is 383 Å². The van der Waals surface area contributed by atoms with Gasteiger partial charge >= 0.3 is 0 Å². The number of furan rings is 2. The first-order chi connectivity index (χ1) is 31.9. The summed E-state index contributed by atoms with van der Waals surface area (Å²) >= 11 is 0. The number of rotatable bonds is 6. The van der Waals surface area contributed by atoms with Gasteiger partial charge in [-0.25, -0.2) is 0 Å². The van der Waals surface area contributed by atoms with Gasteiger partial charge in [0.15, 0.2) is 11.2 Å². The first-order valence-corrected chi connectivity index (χ1v) is 22.4. The van der Waals surface area contributed by atoms with Gasteiger partial charge in [0, 0.05) is 32.9 Å². The van der Waals surface area contributed by atoms with E-state index in [-0.39, 0.29) is 5.56 Å². The molecule has 66 heavy (non-hydrogen) atoms. The minimum absolute atomic E-state index is 0.272. The second kappa shape index (κ2) is 15.2. The lowest BCUT2D eigenvalue weighted by Gasteiger charge is -2.31. The summed E-state index contributed by atoms with van der Waals surface area (Å²) in [5.41, 5.74) is 18.7. The van der Waals surface area contributed by atoms with Gasteiger partial charge in [0.2, 0.25) is 0 Å². The molecular formula is C60H46N4O2. The van der Waals surface area contributed by atoms with Crippen LogP contribution in [0.3, 0.4) is 0 Å². The maximum Gasteiger partial charge on any atom is 0.158 e. The van der Waals surface area contributed by atoms with Gasteiger partial charge in [-0.05, 0) is 170 Å². The van der Waals surface area contributed by atoms with Crippen molar-refractivity contribution in [3.05, 3.63) is 189 Å². The number of fused-ring (bicyclic) bond motifs is 8. The third-order valence-corrected chi connectivity index (χ3v) is 13.6. The summed E-state index contributed by atoms with van der Waals surface area (Å²) in [7, 11) is 0. The van der Waals surface area contributed by atoms with Crippen molar-refractivity contribution >= 4 is 99.5 Å². The molecule has 0 N–H and O–H groups in total. The minimum atomic E-state index is 0.272. The van der Waals surface area contributed by atoms with E-state index in [1.54, 1.807) is 0 Å². The van der Waals surface area contributed by atoms with E-state index >= 15 is 0 Å². The average molecular weight is 855 g/mol. The topological polar surface area (TPSA) is 80.3 Å². The van der Waals surface area contributed by atoms with Crippen LogP contribution in [0.1, 0.15) is 55.6 Å². The Kier molecular flexibility index (Phi) is 9.29. The van der Waals surface area contributed by atoms with Crippen molar-refractivity contribution in [3.8, 4) is 12.1 Å². The van der Waals surface area contributed by atoms with Crippen molar-refractivity contribution in [2.24, 2.45) is 0 Å². The molecule has 6 nitrogen and oxygen atoms in total. The molecule has 2 aromatic heterocycles. The van der Waals surface area contributed by atoms with Gasteiger partial charge in [-0.1, -0.05) is 84.9 Å². The Morgan fingerprint density at radius 2 is 0.682 bits per heavy atom. The van der Waals surface area contributed by atoms with E-state index in [4.69, 9.17) is 8.83 Å². The lowest BCUT2D eigenvalue weighted by atomic mass is 9.95.